The summed E-state index contributed by atoms with van der Waals surface area (Å²) in [5.74, 6) is 0. The number of hydrogen-bond acceptors (Lipinski definition) is 4. The molecule has 0 radical (unpaired) electrons. The van der Waals surface area contributed by atoms with Crippen LogP contribution in [0.4, 0.5) is 5.13 Å². The highest BCUT2D eigenvalue weighted by atomic mass is 32.1. The summed E-state index contributed by atoms with van der Waals surface area (Å²) in [5.41, 5.74) is 9.23. The van der Waals surface area contributed by atoms with Crippen molar-refractivity contribution in [3.05, 3.63) is 46.0 Å². The van der Waals surface area contributed by atoms with Gasteiger partial charge in [0.25, 0.3) is 0 Å². The van der Waals surface area contributed by atoms with Crippen LogP contribution in [-0.4, -0.2) is 11.5 Å². The van der Waals surface area contributed by atoms with Crippen LogP contribution in [0.2, 0.25) is 0 Å². The minimum Gasteiger partial charge on any atom is -0.357 e. The topological polar surface area (TPSA) is 50.9 Å². The molecule has 3 N–H and O–H groups in total. The third-order valence-corrected chi connectivity index (χ3v) is 4.00. The quantitative estimate of drug-likeness (QED) is 0.870. The fourth-order valence-corrected chi connectivity index (χ4v) is 2.72. The van der Waals surface area contributed by atoms with Crippen LogP contribution in [0.1, 0.15) is 21.7 Å². The van der Waals surface area contributed by atoms with E-state index >= 15 is 0 Å². The van der Waals surface area contributed by atoms with Crippen molar-refractivity contribution >= 4 is 16.5 Å². The third-order valence-electron chi connectivity index (χ3n) is 2.83. The molecule has 0 fully saturated rings. The van der Waals surface area contributed by atoms with Crippen molar-refractivity contribution in [2.75, 3.05) is 11.9 Å². The van der Waals surface area contributed by atoms with Crippen molar-refractivity contribution in [2.45, 2.75) is 26.8 Å². The van der Waals surface area contributed by atoms with Gasteiger partial charge in [-0.05, 0) is 32.4 Å². The highest BCUT2D eigenvalue weighted by molar-refractivity contribution is 7.15. The Kier molecular flexibility index (Phi) is 4.33. The fourth-order valence-electron chi connectivity index (χ4n) is 1.75. The maximum atomic E-state index is 5.58. The van der Waals surface area contributed by atoms with E-state index in [1.54, 1.807) is 11.3 Å². The molecule has 1 heterocycles. The number of rotatable bonds is 5. The predicted octanol–water partition coefficient (Wildman–Crippen LogP) is 2.87. The minimum absolute atomic E-state index is 0.681. The lowest BCUT2D eigenvalue weighted by Crippen LogP contribution is -2.01. The molecule has 2 rings (SSSR count). The Morgan fingerprint density at radius 3 is 2.61 bits per heavy atom. The number of aromatic nitrogens is 1. The summed E-state index contributed by atoms with van der Waals surface area (Å²) in [5, 5.41) is 4.35. The second-order valence-electron chi connectivity index (χ2n) is 4.41. The molecule has 0 amide bonds. The zero-order valence-electron chi connectivity index (χ0n) is 10.9. The molecule has 0 saturated heterocycles. The number of nitrogens with one attached hydrogen (secondary N) is 1. The summed E-state index contributed by atoms with van der Waals surface area (Å²) in [6.45, 7) is 5.63. The second-order valence-corrected chi connectivity index (χ2v) is 5.49. The fraction of sp³-hybridized carbons (Fsp3) is 0.357. The van der Waals surface area contributed by atoms with Crippen LogP contribution in [0.15, 0.2) is 24.3 Å². The number of anilines is 1. The Hall–Kier alpha value is -1.39. The van der Waals surface area contributed by atoms with Gasteiger partial charge in [0.05, 0.1) is 5.69 Å². The highest BCUT2D eigenvalue weighted by Crippen LogP contribution is 2.23. The van der Waals surface area contributed by atoms with Gasteiger partial charge in [-0.2, -0.15) is 0 Å². The van der Waals surface area contributed by atoms with Crippen LogP contribution in [0, 0.1) is 13.8 Å². The van der Waals surface area contributed by atoms with E-state index in [1.165, 1.54) is 16.0 Å². The van der Waals surface area contributed by atoms with Gasteiger partial charge < -0.3 is 11.1 Å². The Labute approximate surface area is 112 Å². The lowest BCUT2D eigenvalue weighted by molar-refractivity contribution is 0.969. The number of thiazole rings is 1. The molecule has 1 aromatic carbocycles. The lowest BCUT2D eigenvalue weighted by Gasteiger charge is -2.03. The van der Waals surface area contributed by atoms with Gasteiger partial charge in [-0.25, -0.2) is 4.98 Å². The van der Waals surface area contributed by atoms with Gasteiger partial charge in [-0.15, -0.1) is 11.3 Å². The van der Waals surface area contributed by atoms with Crippen molar-refractivity contribution in [1.29, 1.82) is 0 Å². The van der Waals surface area contributed by atoms with Crippen LogP contribution in [0.3, 0.4) is 0 Å². The Morgan fingerprint density at radius 1 is 1.22 bits per heavy atom. The molecule has 0 aliphatic carbocycles. The molecule has 0 unspecified atom stereocenters. The molecule has 0 spiro atoms. The molecule has 0 aliphatic heterocycles. The SMILES string of the molecule is Cc1ccc(CNc2nc(C)c(CCN)s2)cc1. The summed E-state index contributed by atoms with van der Waals surface area (Å²) < 4.78 is 0. The molecule has 1 aromatic heterocycles. The minimum atomic E-state index is 0.681. The van der Waals surface area contributed by atoms with E-state index in [0.29, 0.717) is 6.54 Å². The summed E-state index contributed by atoms with van der Waals surface area (Å²) >= 11 is 1.70. The third kappa shape index (κ3) is 3.31. The van der Waals surface area contributed by atoms with Gasteiger partial charge in [0.2, 0.25) is 0 Å². The van der Waals surface area contributed by atoms with Crippen LogP contribution < -0.4 is 11.1 Å². The van der Waals surface area contributed by atoms with E-state index in [1.807, 2.05) is 6.92 Å². The zero-order chi connectivity index (χ0) is 13.0. The van der Waals surface area contributed by atoms with E-state index in [4.69, 9.17) is 5.73 Å². The number of benzene rings is 1. The molecule has 2 aromatic rings. The van der Waals surface area contributed by atoms with Gasteiger partial charge in [0.1, 0.15) is 0 Å². The van der Waals surface area contributed by atoms with Gasteiger partial charge in [0, 0.05) is 11.4 Å². The normalized spacial score (nSPS) is 10.6. The number of aryl methyl sites for hydroxylation is 2. The number of hydrogen-bond donors (Lipinski definition) is 2. The number of nitrogens with two attached hydrogens (primary N) is 1. The van der Waals surface area contributed by atoms with Crippen LogP contribution in [0.25, 0.3) is 0 Å². The Balaban J connectivity index is 1.97. The highest BCUT2D eigenvalue weighted by Gasteiger charge is 2.06. The van der Waals surface area contributed by atoms with Gasteiger partial charge in [-0.3, -0.25) is 0 Å². The van der Waals surface area contributed by atoms with E-state index in [9.17, 15) is 0 Å². The number of nitrogens with zero attached hydrogens (tertiary/aromatic N) is 1. The summed E-state index contributed by atoms with van der Waals surface area (Å²) in [6, 6.07) is 8.54. The summed E-state index contributed by atoms with van der Waals surface area (Å²) in [6.07, 6.45) is 0.912. The molecule has 0 bridgehead atoms. The lowest BCUT2D eigenvalue weighted by atomic mass is 10.1. The average molecular weight is 261 g/mol. The monoisotopic (exact) mass is 261 g/mol. The maximum Gasteiger partial charge on any atom is 0.183 e. The van der Waals surface area contributed by atoms with Crippen molar-refractivity contribution in [2.24, 2.45) is 5.73 Å². The molecule has 4 heteroatoms. The first-order valence-electron chi connectivity index (χ1n) is 6.15. The van der Waals surface area contributed by atoms with Crippen LogP contribution in [0.5, 0.6) is 0 Å². The van der Waals surface area contributed by atoms with Crippen molar-refractivity contribution in [1.82, 2.24) is 4.98 Å². The zero-order valence-corrected chi connectivity index (χ0v) is 11.7. The smallest absolute Gasteiger partial charge is 0.183 e. The van der Waals surface area contributed by atoms with E-state index in [-0.39, 0.29) is 0 Å². The van der Waals surface area contributed by atoms with E-state index in [2.05, 4.69) is 41.5 Å². The van der Waals surface area contributed by atoms with Crippen LogP contribution in [-0.2, 0) is 13.0 Å². The maximum absolute atomic E-state index is 5.58. The summed E-state index contributed by atoms with van der Waals surface area (Å²) in [7, 11) is 0. The molecule has 0 aliphatic rings. The van der Waals surface area contributed by atoms with E-state index < -0.39 is 0 Å². The second kappa shape index (κ2) is 5.98. The Bertz CT molecular complexity index is 502. The summed E-state index contributed by atoms with van der Waals surface area (Å²) in [4.78, 5) is 5.80. The first-order valence-corrected chi connectivity index (χ1v) is 6.96. The Morgan fingerprint density at radius 2 is 1.94 bits per heavy atom. The standard InChI is InChI=1S/C14H19N3S/c1-10-3-5-12(6-4-10)9-16-14-17-11(2)13(18-14)7-8-15/h3-6H,7-9,15H2,1-2H3,(H,16,17). The average Bonchev–Trinajstić information content (AvgIpc) is 2.70. The van der Waals surface area contributed by atoms with Crippen molar-refractivity contribution in [3.63, 3.8) is 0 Å². The molecular weight excluding hydrogens is 242 g/mol. The van der Waals surface area contributed by atoms with Gasteiger partial charge >= 0.3 is 0 Å². The molecule has 0 atom stereocenters. The van der Waals surface area contributed by atoms with Gasteiger partial charge in [0.15, 0.2) is 5.13 Å². The van der Waals surface area contributed by atoms with Crippen LogP contribution >= 0.6 is 11.3 Å². The molecule has 3 nitrogen and oxygen atoms in total. The molecule has 18 heavy (non-hydrogen) atoms. The van der Waals surface area contributed by atoms with Gasteiger partial charge in [-0.1, -0.05) is 29.8 Å². The first-order chi connectivity index (χ1) is 8.69. The molecule has 96 valence electrons. The molecular formula is C14H19N3S. The molecule has 0 saturated carbocycles. The largest absolute Gasteiger partial charge is 0.357 e. The van der Waals surface area contributed by atoms with Crippen molar-refractivity contribution in [3.8, 4) is 0 Å². The van der Waals surface area contributed by atoms with Crippen molar-refractivity contribution < 1.29 is 0 Å². The predicted molar refractivity (Wildman–Crippen MR) is 78.1 cm³/mol. The van der Waals surface area contributed by atoms with E-state index in [0.717, 1.165) is 23.8 Å². The first kappa shape index (κ1) is 13.1.